The van der Waals surface area contributed by atoms with Crippen molar-refractivity contribution < 1.29 is 9.53 Å². The van der Waals surface area contributed by atoms with Gasteiger partial charge < -0.3 is 15.4 Å². The molecule has 0 aliphatic heterocycles. The van der Waals surface area contributed by atoms with Crippen LogP contribution in [0.5, 0.6) is 0 Å². The fourth-order valence-corrected chi connectivity index (χ4v) is 1.59. The molecule has 0 aromatic rings. The molecule has 4 nitrogen and oxygen atoms in total. The van der Waals surface area contributed by atoms with Gasteiger partial charge >= 0.3 is 0 Å². The maximum atomic E-state index is 12.0. The van der Waals surface area contributed by atoms with Gasteiger partial charge in [-0.05, 0) is 27.2 Å². The summed E-state index contributed by atoms with van der Waals surface area (Å²) in [6, 6.07) is 0. The Morgan fingerprint density at radius 2 is 2.06 bits per heavy atom. The van der Waals surface area contributed by atoms with Crippen molar-refractivity contribution in [3.8, 4) is 0 Å². The van der Waals surface area contributed by atoms with E-state index >= 15 is 0 Å². The lowest BCUT2D eigenvalue weighted by Crippen LogP contribution is -2.52. The monoisotopic (exact) mass is 230 g/mol. The molecule has 0 fully saturated rings. The molecule has 0 aromatic heterocycles. The summed E-state index contributed by atoms with van der Waals surface area (Å²) < 4.78 is 5.40. The standard InChI is InChI=1S/C12H26N2O2/c1-6-7-12(4,13)11(15)14(5)8-9-16-10(2)3/h10H,6-9,13H2,1-5H3. The molecule has 0 heterocycles. The molecule has 0 bridgehead atoms. The van der Waals surface area contributed by atoms with E-state index < -0.39 is 5.54 Å². The Morgan fingerprint density at radius 3 is 2.50 bits per heavy atom. The Balaban J connectivity index is 4.07. The third-order valence-corrected chi connectivity index (χ3v) is 2.48. The summed E-state index contributed by atoms with van der Waals surface area (Å²) in [5.41, 5.74) is 5.22. The highest BCUT2D eigenvalue weighted by Gasteiger charge is 2.29. The molecule has 2 N–H and O–H groups in total. The van der Waals surface area contributed by atoms with Gasteiger partial charge in [-0.1, -0.05) is 13.3 Å². The predicted molar refractivity (Wildman–Crippen MR) is 66.2 cm³/mol. The normalized spacial score (nSPS) is 14.9. The number of likely N-dealkylation sites (N-methyl/N-ethyl adjacent to an activating group) is 1. The first-order valence-electron chi connectivity index (χ1n) is 5.97. The molecular weight excluding hydrogens is 204 g/mol. The van der Waals surface area contributed by atoms with E-state index in [-0.39, 0.29) is 12.0 Å². The molecule has 0 rings (SSSR count). The van der Waals surface area contributed by atoms with Gasteiger partial charge in [0.1, 0.15) is 0 Å². The Kier molecular flexibility index (Phi) is 6.60. The van der Waals surface area contributed by atoms with Crippen molar-refractivity contribution in [3.05, 3.63) is 0 Å². The summed E-state index contributed by atoms with van der Waals surface area (Å²) in [7, 11) is 1.77. The molecule has 4 heteroatoms. The van der Waals surface area contributed by atoms with Crippen LogP contribution in [0.1, 0.15) is 40.5 Å². The zero-order valence-corrected chi connectivity index (χ0v) is 11.2. The first-order chi connectivity index (χ1) is 7.31. The van der Waals surface area contributed by atoms with Crippen molar-refractivity contribution in [1.29, 1.82) is 0 Å². The molecule has 0 saturated carbocycles. The van der Waals surface area contributed by atoms with Crippen LogP contribution in [-0.4, -0.2) is 42.6 Å². The van der Waals surface area contributed by atoms with Gasteiger partial charge in [-0.25, -0.2) is 0 Å². The maximum absolute atomic E-state index is 12.0. The van der Waals surface area contributed by atoms with E-state index in [1.807, 2.05) is 20.8 Å². The summed E-state index contributed by atoms with van der Waals surface area (Å²) >= 11 is 0. The minimum Gasteiger partial charge on any atom is -0.377 e. The molecule has 1 atom stereocenters. The van der Waals surface area contributed by atoms with Gasteiger partial charge in [0.2, 0.25) is 5.91 Å². The summed E-state index contributed by atoms with van der Waals surface area (Å²) in [6.07, 6.45) is 1.82. The van der Waals surface area contributed by atoms with Crippen molar-refractivity contribution in [1.82, 2.24) is 4.90 Å². The summed E-state index contributed by atoms with van der Waals surface area (Å²) in [5, 5.41) is 0. The molecule has 1 unspecified atom stereocenters. The zero-order valence-electron chi connectivity index (χ0n) is 11.2. The van der Waals surface area contributed by atoms with Crippen LogP contribution >= 0.6 is 0 Å². The van der Waals surface area contributed by atoms with Crippen molar-refractivity contribution in [2.75, 3.05) is 20.2 Å². The topological polar surface area (TPSA) is 55.6 Å². The van der Waals surface area contributed by atoms with Crippen molar-refractivity contribution in [2.45, 2.75) is 52.2 Å². The van der Waals surface area contributed by atoms with Crippen molar-refractivity contribution in [3.63, 3.8) is 0 Å². The molecule has 1 amide bonds. The number of carbonyl (C=O) groups is 1. The second kappa shape index (κ2) is 6.86. The largest absolute Gasteiger partial charge is 0.377 e. The second-order valence-electron chi connectivity index (χ2n) is 4.81. The first kappa shape index (κ1) is 15.4. The van der Waals surface area contributed by atoms with Crippen molar-refractivity contribution in [2.24, 2.45) is 5.73 Å². The highest BCUT2D eigenvalue weighted by Crippen LogP contribution is 2.11. The third-order valence-electron chi connectivity index (χ3n) is 2.48. The van der Waals surface area contributed by atoms with E-state index in [1.54, 1.807) is 18.9 Å². The van der Waals surface area contributed by atoms with Crippen LogP contribution in [0.2, 0.25) is 0 Å². The van der Waals surface area contributed by atoms with E-state index in [2.05, 4.69) is 0 Å². The fourth-order valence-electron chi connectivity index (χ4n) is 1.59. The van der Waals surface area contributed by atoms with Crippen LogP contribution in [0.3, 0.4) is 0 Å². The van der Waals surface area contributed by atoms with Crippen LogP contribution in [0, 0.1) is 0 Å². The number of carbonyl (C=O) groups excluding carboxylic acids is 1. The molecule has 96 valence electrons. The lowest BCUT2D eigenvalue weighted by atomic mass is 9.96. The zero-order chi connectivity index (χ0) is 12.8. The SMILES string of the molecule is CCCC(C)(N)C(=O)N(C)CCOC(C)C. The van der Waals surface area contributed by atoms with Gasteiger partial charge in [0.25, 0.3) is 0 Å². The van der Waals surface area contributed by atoms with Crippen LogP contribution < -0.4 is 5.73 Å². The van der Waals surface area contributed by atoms with Crippen molar-refractivity contribution >= 4 is 5.91 Å². The van der Waals surface area contributed by atoms with Gasteiger partial charge in [-0.15, -0.1) is 0 Å². The van der Waals surface area contributed by atoms with E-state index in [4.69, 9.17) is 10.5 Å². The summed E-state index contributed by atoms with van der Waals surface area (Å²) in [6.45, 7) is 8.92. The van der Waals surface area contributed by atoms with E-state index in [9.17, 15) is 4.79 Å². The molecule has 0 aromatic carbocycles. The number of hydrogen-bond acceptors (Lipinski definition) is 3. The molecule has 0 spiro atoms. The minimum atomic E-state index is -0.749. The highest BCUT2D eigenvalue weighted by molar-refractivity contribution is 5.85. The molecule has 0 saturated heterocycles. The Labute approximate surface area is 99.1 Å². The van der Waals surface area contributed by atoms with Gasteiger partial charge in [-0.2, -0.15) is 0 Å². The number of amides is 1. The number of ether oxygens (including phenoxy) is 1. The number of nitrogens with zero attached hydrogens (tertiary/aromatic N) is 1. The smallest absolute Gasteiger partial charge is 0.242 e. The van der Waals surface area contributed by atoms with Crippen LogP contribution in [0.4, 0.5) is 0 Å². The Morgan fingerprint density at radius 1 is 1.50 bits per heavy atom. The molecule has 0 radical (unpaired) electrons. The van der Waals surface area contributed by atoms with Crippen LogP contribution in [0.25, 0.3) is 0 Å². The quantitative estimate of drug-likeness (QED) is 0.719. The number of hydrogen-bond donors (Lipinski definition) is 1. The molecule has 0 aliphatic rings. The molecule has 16 heavy (non-hydrogen) atoms. The second-order valence-corrected chi connectivity index (χ2v) is 4.81. The first-order valence-corrected chi connectivity index (χ1v) is 5.97. The van der Waals surface area contributed by atoms with E-state index in [0.29, 0.717) is 19.6 Å². The van der Waals surface area contributed by atoms with Gasteiger partial charge in [0.15, 0.2) is 0 Å². The van der Waals surface area contributed by atoms with Crippen LogP contribution in [0.15, 0.2) is 0 Å². The van der Waals surface area contributed by atoms with E-state index in [1.165, 1.54) is 0 Å². The average Bonchev–Trinajstić information content (AvgIpc) is 2.15. The fraction of sp³-hybridized carbons (Fsp3) is 0.917. The lowest BCUT2D eigenvalue weighted by Gasteiger charge is -2.29. The maximum Gasteiger partial charge on any atom is 0.242 e. The van der Waals surface area contributed by atoms with E-state index in [0.717, 1.165) is 6.42 Å². The predicted octanol–water partition coefficient (Wildman–Crippen LogP) is 1.39. The Bertz CT molecular complexity index is 215. The third kappa shape index (κ3) is 5.47. The lowest BCUT2D eigenvalue weighted by molar-refractivity contribution is -0.136. The highest BCUT2D eigenvalue weighted by atomic mass is 16.5. The van der Waals surface area contributed by atoms with Crippen LogP contribution in [-0.2, 0) is 9.53 Å². The summed E-state index contributed by atoms with van der Waals surface area (Å²) in [5.74, 6) is -0.0123. The Hall–Kier alpha value is -0.610. The van der Waals surface area contributed by atoms with Gasteiger partial charge in [-0.3, -0.25) is 4.79 Å². The summed E-state index contributed by atoms with van der Waals surface area (Å²) in [4.78, 5) is 13.6. The molecule has 0 aliphatic carbocycles. The van der Waals surface area contributed by atoms with Gasteiger partial charge in [0.05, 0.1) is 18.2 Å². The number of rotatable bonds is 7. The number of nitrogens with two attached hydrogens (primary N) is 1. The minimum absolute atomic E-state index is 0.0123. The van der Waals surface area contributed by atoms with Gasteiger partial charge in [0, 0.05) is 13.6 Å². The molecular formula is C12H26N2O2. The average molecular weight is 230 g/mol.